The predicted molar refractivity (Wildman–Crippen MR) is 88.4 cm³/mol. The first-order chi connectivity index (χ1) is 11.4. The smallest absolute Gasteiger partial charge is 0.320 e. The van der Waals surface area contributed by atoms with Crippen molar-refractivity contribution in [3.05, 3.63) is 23.4 Å². The van der Waals surface area contributed by atoms with Gasteiger partial charge in [-0.25, -0.2) is 13.8 Å². The number of aliphatic carboxylic acids is 1. The van der Waals surface area contributed by atoms with Crippen LogP contribution in [0.3, 0.4) is 0 Å². The standard InChI is InChI=1S/C17H25F2N3O2/c18-17(19,10-8-14(20)16(23)24)9-2-1-5-13-7-6-12-4-3-11-21-15(12)22-13/h6-7,14H,1-5,8-11,20H2,(H,21,22)(H,23,24). The van der Waals surface area contributed by atoms with Gasteiger partial charge in [0.15, 0.2) is 0 Å². The highest BCUT2D eigenvalue weighted by Gasteiger charge is 2.29. The van der Waals surface area contributed by atoms with Crippen molar-refractivity contribution >= 4 is 11.8 Å². The summed E-state index contributed by atoms with van der Waals surface area (Å²) in [4.78, 5) is 15.1. The minimum Gasteiger partial charge on any atom is -0.480 e. The summed E-state index contributed by atoms with van der Waals surface area (Å²) in [5.74, 6) is -3.18. The Hall–Kier alpha value is -1.76. The van der Waals surface area contributed by atoms with Crippen molar-refractivity contribution in [1.82, 2.24) is 4.98 Å². The van der Waals surface area contributed by atoms with Crippen molar-refractivity contribution in [2.24, 2.45) is 5.73 Å². The van der Waals surface area contributed by atoms with Crippen LogP contribution in [0.1, 0.15) is 49.8 Å². The third-order valence-electron chi connectivity index (χ3n) is 4.32. The van der Waals surface area contributed by atoms with Gasteiger partial charge >= 0.3 is 5.97 Å². The second kappa shape index (κ2) is 8.37. The van der Waals surface area contributed by atoms with Crippen LogP contribution in [0.4, 0.5) is 14.6 Å². The van der Waals surface area contributed by atoms with Gasteiger partial charge in [0.1, 0.15) is 11.9 Å². The van der Waals surface area contributed by atoms with Gasteiger partial charge in [-0.1, -0.05) is 6.07 Å². The summed E-state index contributed by atoms with van der Waals surface area (Å²) < 4.78 is 27.4. The van der Waals surface area contributed by atoms with Crippen molar-refractivity contribution < 1.29 is 18.7 Å². The van der Waals surface area contributed by atoms with Gasteiger partial charge in [0, 0.05) is 25.1 Å². The van der Waals surface area contributed by atoms with Crippen LogP contribution in [0.15, 0.2) is 12.1 Å². The van der Waals surface area contributed by atoms with Crippen LogP contribution in [0.25, 0.3) is 0 Å². The van der Waals surface area contributed by atoms with Gasteiger partial charge in [-0.15, -0.1) is 0 Å². The molecule has 1 aromatic heterocycles. The highest BCUT2D eigenvalue weighted by molar-refractivity contribution is 5.72. The second-order valence-corrected chi connectivity index (χ2v) is 6.39. The SMILES string of the molecule is NC(CCC(F)(F)CCCCc1ccc2c(n1)NCCC2)C(=O)O. The fraction of sp³-hybridized carbons (Fsp3) is 0.647. The summed E-state index contributed by atoms with van der Waals surface area (Å²) in [6, 6.07) is 2.81. The molecule has 0 saturated carbocycles. The predicted octanol–water partition coefficient (Wildman–Crippen LogP) is 2.98. The topological polar surface area (TPSA) is 88.2 Å². The maximum absolute atomic E-state index is 13.7. The molecular formula is C17H25F2N3O2. The molecule has 1 aliphatic rings. The van der Waals surface area contributed by atoms with Gasteiger partial charge in [-0.05, 0) is 50.2 Å². The van der Waals surface area contributed by atoms with Crippen LogP contribution in [0.2, 0.25) is 0 Å². The lowest BCUT2D eigenvalue weighted by molar-refractivity contribution is -0.139. The highest BCUT2D eigenvalue weighted by atomic mass is 19.3. The van der Waals surface area contributed by atoms with Crippen LogP contribution in [-0.4, -0.2) is 34.6 Å². The summed E-state index contributed by atoms with van der Waals surface area (Å²) in [7, 11) is 0. The van der Waals surface area contributed by atoms with Gasteiger partial charge in [0.25, 0.3) is 0 Å². The number of anilines is 1. The summed E-state index contributed by atoms with van der Waals surface area (Å²) in [6.07, 6.45) is 2.87. The van der Waals surface area contributed by atoms with Crippen molar-refractivity contribution in [2.45, 2.75) is 63.3 Å². The lowest BCUT2D eigenvalue weighted by Crippen LogP contribution is -2.32. The van der Waals surface area contributed by atoms with Crippen molar-refractivity contribution in [3.8, 4) is 0 Å². The molecule has 5 nitrogen and oxygen atoms in total. The first-order valence-electron chi connectivity index (χ1n) is 8.46. The van der Waals surface area contributed by atoms with Gasteiger partial charge < -0.3 is 16.2 Å². The van der Waals surface area contributed by atoms with E-state index in [0.717, 1.165) is 30.9 Å². The number of alkyl halides is 2. The molecule has 24 heavy (non-hydrogen) atoms. The number of carbonyl (C=O) groups is 1. The van der Waals surface area contributed by atoms with E-state index in [9.17, 15) is 13.6 Å². The molecule has 1 aromatic rings. The molecule has 0 spiro atoms. The van der Waals surface area contributed by atoms with E-state index in [4.69, 9.17) is 10.8 Å². The van der Waals surface area contributed by atoms with Crippen LogP contribution >= 0.6 is 0 Å². The van der Waals surface area contributed by atoms with Gasteiger partial charge in [0.2, 0.25) is 5.92 Å². The Balaban J connectivity index is 1.71. The van der Waals surface area contributed by atoms with E-state index in [1.807, 2.05) is 6.07 Å². The third kappa shape index (κ3) is 5.70. The number of rotatable bonds is 9. The van der Waals surface area contributed by atoms with Gasteiger partial charge in [-0.3, -0.25) is 4.79 Å². The molecule has 0 saturated heterocycles. The van der Waals surface area contributed by atoms with E-state index in [2.05, 4.69) is 16.4 Å². The maximum atomic E-state index is 13.7. The Morgan fingerprint density at radius 2 is 2.17 bits per heavy atom. The number of hydrogen-bond donors (Lipinski definition) is 3. The maximum Gasteiger partial charge on any atom is 0.320 e. The van der Waals surface area contributed by atoms with Crippen LogP contribution in [-0.2, 0) is 17.6 Å². The van der Waals surface area contributed by atoms with Gasteiger partial charge in [0.05, 0.1) is 0 Å². The molecule has 1 atom stereocenters. The monoisotopic (exact) mass is 341 g/mol. The number of nitrogens with two attached hydrogens (primary N) is 1. The Kier molecular flexibility index (Phi) is 6.48. The number of fused-ring (bicyclic) bond motifs is 1. The molecule has 7 heteroatoms. The number of pyridine rings is 1. The highest BCUT2D eigenvalue weighted by Crippen LogP contribution is 2.28. The summed E-state index contributed by atoms with van der Waals surface area (Å²) >= 11 is 0. The Morgan fingerprint density at radius 3 is 2.92 bits per heavy atom. The van der Waals surface area contributed by atoms with E-state index < -0.39 is 24.4 Å². The molecular weight excluding hydrogens is 316 g/mol. The van der Waals surface area contributed by atoms with E-state index in [-0.39, 0.29) is 12.8 Å². The molecule has 0 radical (unpaired) electrons. The second-order valence-electron chi connectivity index (χ2n) is 6.39. The molecule has 0 amide bonds. The normalized spacial score (nSPS) is 15.5. The third-order valence-corrected chi connectivity index (χ3v) is 4.32. The van der Waals surface area contributed by atoms with Crippen LogP contribution < -0.4 is 11.1 Å². The average Bonchev–Trinajstić information content (AvgIpc) is 2.56. The number of aryl methyl sites for hydroxylation is 2. The fourth-order valence-corrected chi connectivity index (χ4v) is 2.81. The zero-order valence-electron chi connectivity index (χ0n) is 13.7. The Bertz CT molecular complexity index is 567. The molecule has 0 fully saturated rings. The number of unbranched alkanes of at least 4 members (excludes halogenated alkanes) is 1. The first-order valence-corrected chi connectivity index (χ1v) is 8.46. The average molecular weight is 341 g/mol. The summed E-state index contributed by atoms with van der Waals surface area (Å²) in [5, 5.41) is 11.9. The Morgan fingerprint density at radius 1 is 1.38 bits per heavy atom. The molecule has 0 aliphatic carbocycles. The number of hydrogen-bond acceptors (Lipinski definition) is 4. The first kappa shape index (κ1) is 18.6. The van der Waals surface area contributed by atoms with Gasteiger partial charge in [-0.2, -0.15) is 0 Å². The van der Waals surface area contributed by atoms with E-state index in [0.29, 0.717) is 19.3 Å². The number of nitrogens with one attached hydrogen (secondary N) is 1. The van der Waals surface area contributed by atoms with Crippen molar-refractivity contribution in [3.63, 3.8) is 0 Å². The lowest BCUT2D eigenvalue weighted by Gasteiger charge is -2.18. The minimum atomic E-state index is -2.86. The largest absolute Gasteiger partial charge is 0.480 e. The molecule has 4 N–H and O–H groups in total. The molecule has 2 heterocycles. The number of carboxylic acid groups (broad SMARTS) is 1. The lowest BCUT2D eigenvalue weighted by atomic mass is 10.0. The quantitative estimate of drug-likeness (QED) is 0.601. The number of aromatic nitrogens is 1. The van der Waals surface area contributed by atoms with E-state index in [1.54, 1.807) is 0 Å². The minimum absolute atomic E-state index is 0.208. The Labute approximate surface area is 140 Å². The van der Waals surface area contributed by atoms with Crippen LogP contribution in [0.5, 0.6) is 0 Å². The number of nitrogens with zero attached hydrogens (tertiary/aromatic N) is 1. The van der Waals surface area contributed by atoms with Crippen LogP contribution in [0, 0.1) is 0 Å². The van der Waals surface area contributed by atoms with Crippen molar-refractivity contribution in [2.75, 3.05) is 11.9 Å². The molecule has 134 valence electrons. The molecule has 0 bridgehead atoms. The molecule has 1 aliphatic heterocycles. The van der Waals surface area contributed by atoms with Crippen molar-refractivity contribution in [1.29, 1.82) is 0 Å². The summed E-state index contributed by atoms with van der Waals surface area (Å²) in [5.41, 5.74) is 7.39. The molecule has 0 aromatic carbocycles. The number of halogens is 2. The van der Waals surface area contributed by atoms with E-state index in [1.165, 1.54) is 5.56 Å². The zero-order valence-corrected chi connectivity index (χ0v) is 13.7. The molecule has 2 rings (SSSR count). The molecule has 1 unspecified atom stereocenters. The van der Waals surface area contributed by atoms with E-state index >= 15 is 0 Å². The zero-order chi connectivity index (χ0) is 17.6. The fourth-order valence-electron chi connectivity index (χ4n) is 2.81. The number of carboxylic acids is 1. The summed E-state index contributed by atoms with van der Waals surface area (Å²) in [6.45, 7) is 0.925.